The molecule has 172 valence electrons. The minimum atomic E-state index is -0.278. The molecule has 0 bridgehead atoms. The second-order valence-electron chi connectivity index (χ2n) is 8.03. The third kappa shape index (κ3) is 6.09. The van der Waals surface area contributed by atoms with E-state index in [0.29, 0.717) is 23.7 Å². The van der Waals surface area contributed by atoms with Crippen molar-refractivity contribution in [3.63, 3.8) is 0 Å². The predicted octanol–water partition coefficient (Wildman–Crippen LogP) is 5.30. The molecule has 1 aliphatic rings. The van der Waals surface area contributed by atoms with Crippen molar-refractivity contribution in [2.75, 3.05) is 32.8 Å². The van der Waals surface area contributed by atoms with Crippen LogP contribution in [0.15, 0.2) is 72.8 Å². The number of piperazine rings is 1. The van der Waals surface area contributed by atoms with Crippen molar-refractivity contribution in [2.24, 2.45) is 0 Å². The summed E-state index contributed by atoms with van der Waals surface area (Å²) < 4.78 is 25.6. The first-order valence-electron chi connectivity index (χ1n) is 11.3. The number of ether oxygens (including phenoxy) is 2. The van der Waals surface area contributed by atoms with E-state index >= 15 is 0 Å². The Morgan fingerprint density at radius 1 is 0.879 bits per heavy atom. The summed E-state index contributed by atoms with van der Waals surface area (Å²) in [5.74, 6) is 0.926. The van der Waals surface area contributed by atoms with Gasteiger partial charge < -0.3 is 14.4 Å². The van der Waals surface area contributed by atoms with Gasteiger partial charge in [0.15, 0.2) is 11.5 Å². The van der Waals surface area contributed by atoms with Crippen molar-refractivity contribution in [2.45, 2.75) is 20.1 Å². The zero-order valence-electron chi connectivity index (χ0n) is 18.9. The van der Waals surface area contributed by atoms with E-state index in [4.69, 9.17) is 21.7 Å². The lowest BCUT2D eigenvalue weighted by atomic mass is 10.1. The van der Waals surface area contributed by atoms with Gasteiger partial charge in [-0.25, -0.2) is 4.39 Å². The van der Waals surface area contributed by atoms with Crippen LogP contribution in [0.5, 0.6) is 11.5 Å². The van der Waals surface area contributed by atoms with Gasteiger partial charge >= 0.3 is 0 Å². The van der Waals surface area contributed by atoms with E-state index in [-0.39, 0.29) is 12.4 Å². The Morgan fingerprint density at radius 3 is 2.33 bits per heavy atom. The fourth-order valence-corrected chi connectivity index (χ4v) is 4.24. The molecule has 0 atom stereocenters. The van der Waals surface area contributed by atoms with Crippen LogP contribution < -0.4 is 9.47 Å². The maximum Gasteiger partial charge on any atom is 0.161 e. The number of benzene rings is 3. The van der Waals surface area contributed by atoms with E-state index in [1.54, 1.807) is 18.2 Å². The third-order valence-electron chi connectivity index (χ3n) is 5.74. The highest BCUT2D eigenvalue weighted by Crippen LogP contribution is 2.30. The van der Waals surface area contributed by atoms with Gasteiger partial charge in [0.1, 0.15) is 17.4 Å². The molecule has 0 aromatic heterocycles. The minimum absolute atomic E-state index is 0.139. The quantitative estimate of drug-likeness (QED) is 0.422. The van der Waals surface area contributed by atoms with Crippen molar-refractivity contribution in [1.82, 2.24) is 9.80 Å². The van der Waals surface area contributed by atoms with E-state index in [9.17, 15) is 4.39 Å². The highest BCUT2D eigenvalue weighted by molar-refractivity contribution is 7.80. The number of hydrogen-bond donors (Lipinski definition) is 0. The normalized spacial score (nSPS) is 14.2. The highest BCUT2D eigenvalue weighted by Gasteiger charge is 2.21. The molecule has 0 aliphatic carbocycles. The number of nitrogens with zero attached hydrogens (tertiary/aromatic N) is 2. The molecule has 0 amide bonds. The maximum absolute atomic E-state index is 13.9. The Kier molecular flexibility index (Phi) is 7.92. The second-order valence-corrected chi connectivity index (χ2v) is 8.42. The third-order valence-corrected chi connectivity index (χ3v) is 6.23. The Morgan fingerprint density at radius 2 is 1.61 bits per heavy atom. The standard InChI is InChI=1S/C27H29FN2O2S/c1-2-31-26-18-22(12-13-25(26)32-20-23-10-6-7-11-24(23)28)27(33)30-16-14-29(15-17-30)19-21-8-4-3-5-9-21/h3-13,18H,2,14-17,19-20H2,1H3. The number of thiocarbonyl (C=S) groups is 1. The van der Waals surface area contributed by atoms with Gasteiger partial charge in [-0.15, -0.1) is 0 Å². The van der Waals surface area contributed by atoms with Gasteiger partial charge in [0.25, 0.3) is 0 Å². The SMILES string of the molecule is CCOc1cc(C(=S)N2CCN(Cc3ccccc3)CC2)ccc1OCc1ccccc1F. The van der Waals surface area contributed by atoms with Gasteiger partial charge in [-0.1, -0.05) is 60.7 Å². The summed E-state index contributed by atoms with van der Waals surface area (Å²) in [6, 6.07) is 22.9. The minimum Gasteiger partial charge on any atom is -0.490 e. The van der Waals surface area contributed by atoms with Crippen molar-refractivity contribution < 1.29 is 13.9 Å². The van der Waals surface area contributed by atoms with Crippen molar-refractivity contribution in [3.05, 3.63) is 95.3 Å². The molecule has 0 radical (unpaired) electrons. The first kappa shape index (κ1) is 23.2. The lowest BCUT2D eigenvalue weighted by Gasteiger charge is -2.36. The van der Waals surface area contributed by atoms with Crippen LogP contribution in [0.3, 0.4) is 0 Å². The molecule has 4 nitrogen and oxygen atoms in total. The molecule has 1 saturated heterocycles. The molecule has 0 spiro atoms. The Labute approximate surface area is 200 Å². The van der Waals surface area contributed by atoms with Crippen LogP contribution in [0, 0.1) is 5.82 Å². The summed E-state index contributed by atoms with van der Waals surface area (Å²) in [6.07, 6.45) is 0. The van der Waals surface area contributed by atoms with E-state index in [0.717, 1.165) is 43.3 Å². The zero-order valence-corrected chi connectivity index (χ0v) is 19.7. The Balaban J connectivity index is 1.38. The van der Waals surface area contributed by atoms with Crippen LogP contribution in [0.2, 0.25) is 0 Å². The molecular formula is C27H29FN2O2S. The molecule has 6 heteroatoms. The van der Waals surface area contributed by atoms with Crippen LogP contribution >= 0.6 is 12.2 Å². The topological polar surface area (TPSA) is 24.9 Å². The average molecular weight is 465 g/mol. The summed E-state index contributed by atoms with van der Waals surface area (Å²) in [5.41, 5.74) is 2.77. The molecule has 0 saturated carbocycles. The zero-order chi connectivity index (χ0) is 23.0. The van der Waals surface area contributed by atoms with E-state index in [2.05, 4.69) is 34.1 Å². The molecule has 1 aliphatic heterocycles. The van der Waals surface area contributed by atoms with Crippen LogP contribution in [0.4, 0.5) is 4.39 Å². The van der Waals surface area contributed by atoms with E-state index in [1.807, 2.05) is 31.2 Å². The summed E-state index contributed by atoms with van der Waals surface area (Å²) in [7, 11) is 0. The molecule has 1 heterocycles. The van der Waals surface area contributed by atoms with Gasteiger partial charge in [0.2, 0.25) is 0 Å². The van der Waals surface area contributed by atoms with Crippen molar-refractivity contribution in [3.8, 4) is 11.5 Å². The molecule has 0 unspecified atom stereocenters. The molecule has 0 N–H and O–H groups in total. The van der Waals surface area contributed by atoms with Gasteiger partial charge in [-0.05, 0) is 36.8 Å². The molecule has 33 heavy (non-hydrogen) atoms. The largest absolute Gasteiger partial charge is 0.490 e. The monoisotopic (exact) mass is 464 g/mol. The highest BCUT2D eigenvalue weighted by atomic mass is 32.1. The maximum atomic E-state index is 13.9. The Bertz CT molecular complexity index is 1070. The fraction of sp³-hybridized carbons (Fsp3) is 0.296. The Hall–Kier alpha value is -2.96. The van der Waals surface area contributed by atoms with Crippen LogP contribution in [-0.4, -0.2) is 47.6 Å². The summed E-state index contributed by atoms with van der Waals surface area (Å²) in [5, 5.41) is 0. The average Bonchev–Trinajstić information content (AvgIpc) is 2.85. The first-order chi connectivity index (χ1) is 16.1. The summed E-state index contributed by atoms with van der Waals surface area (Å²) in [4.78, 5) is 5.53. The lowest BCUT2D eigenvalue weighted by Crippen LogP contribution is -2.48. The molecular weight excluding hydrogens is 435 g/mol. The van der Waals surface area contributed by atoms with Crippen LogP contribution in [0.1, 0.15) is 23.6 Å². The number of rotatable bonds is 8. The lowest BCUT2D eigenvalue weighted by molar-refractivity contribution is 0.177. The van der Waals surface area contributed by atoms with Gasteiger partial charge in [0.05, 0.1) is 6.61 Å². The van der Waals surface area contributed by atoms with Gasteiger partial charge in [-0.2, -0.15) is 0 Å². The summed E-state index contributed by atoms with van der Waals surface area (Å²) in [6.45, 7) is 7.25. The van der Waals surface area contributed by atoms with Crippen molar-refractivity contribution in [1.29, 1.82) is 0 Å². The number of halogens is 1. The fourth-order valence-electron chi connectivity index (χ4n) is 3.93. The van der Waals surface area contributed by atoms with Crippen molar-refractivity contribution >= 4 is 17.2 Å². The second kappa shape index (κ2) is 11.3. The molecule has 4 rings (SSSR count). The molecule has 3 aromatic rings. The van der Waals surface area contributed by atoms with Crippen LogP contribution in [-0.2, 0) is 13.2 Å². The van der Waals surface area contributed by atoms with Gasteiger partial charge in [0, 0.05) is 43.9 Å². The first-order valence-corrected chi connectivity index (χ1v) is 11.7. The molecule has 3 aromatic carbocycles. The van der Waals surface area contributed by atoms with E-state index in [1.165, 1.54) is 11.6 Å². The predicted molar refractivity (Wildman–Crippen MR) is 133 cm³/mol. The number of hydrogen-bond acceptors (Lipinski definition) is 4. The van der Waals surface area contributed by atoms with E-state index < -0.39 is 0 Å². The molecule has 1 fully saturated rings. The summed E-state index contributed by atoms with van der Waals surface area (Å²) >= 11 is 5.82. The smallest absolute Gasteiger partial charge is 0.161 e. The van der Waals surface area contributed by atoms with Crippen LogP contribution in [0.25, 0.3) is 0 Å². The van der Waals surface area contributed by atoms with Gasteiger partial charge in [-0.3, -0.25) is 4.90 Å².